The zero-order chi connectivity index (χ0) is 18.0. The third-order valence-corrected chi connectivity index (χ3v) is 4.63. The summed E-state index contributed by atoms with van der Waals surface area (Å²) in [6.45, 7) is -0.0933. The number of amides is 1. The summed E-state index contributed by atoms with van der Waals surface area (Å²) >= 11 is 12.2. The van der Waals surface area contributed by atoms with Gasteiger partial charge in [0, 0.05) is 11.8 Å². The molecule has 1 aliphatic heterocycles. The van der Waals surface area contributed by atoms with Crippen molar-refractivity contribution in [3.63, 3.8) is 0 Å². The topological polar surface area (TPSA) is 56.1 Å². The fourth-order valence-electron chi connectivity index (χ4n) is 2.69. The lowest BCUT2D eigenvalue weighted by Gasteiger charge is -2.19. The van der Waals surface area contributed by atoms with E-state index in [0.29, 0.717) is 35.2 Å². The molecule has 2 aromatic rings. The second kappa shape index (κ2) is 7.58. The minimum absolute atomic E-state index is 0.0763. The van der Waals surface area contributed by atoms with Gasteiger partial charge in [-0.25, -0.2) is 8.78 Å². The van der Waals surface area contributed by atoms with Gasteiger partial charge in [0.25, 0.3) is 12.3 Å². The molecular formula is C16H15Cl2F2N3O2. The standard InChI is InChI=1S/C16H15Cl2F2N3O2/c17-10-4-3-9-11(2-1-7-25-15(9)14(10)18)21-16(24)12-5-6-23(22-12)8-13(19)20/h3-6,11,13H,1-2,7-8H2,(H,21,24)/t11-/m1/s1. The van der Waals surface area contributed by atoms with Crippen LogP contribution in [0.1, 0.15) is 34.9 Å². The van der Waals surface area contributed by atoms with Crippen LogP contribution in [0.25, 0.3) is 0 Å². The van der Waals surface area contributed by atoms with Gasteiger partial charge in [-0.1, -0.05) is 29.3 Å². The highest BCUT2D eigenvalue weighted by Crippen LogP contribution is 2.40. The Balaban J connectivity index is 1.80. The largest absolute Gasteiger partial charge is 0.492 e. The van der Waals surface area contributed by atoms with Crippen molar-refractivity contribution in [2.75, 3.05) is 6.61 Å². The summed E-state index contributed by atoms with van der Waals surface area (Å²) in [6.07, 6.45) is 0.178. The van der Waals surface area contributed by atoms with Gasteiger partial charge in [0.05, 0.1) is 17.7 Å². The van der Waals surface area contributed by atoms with Gasteiger partial charge in [-0.3, -0.25) is 9.48 Å². The molecule has 1 aromatic heterocycles. The number of hydrogen-bond donors (Lipinski definition) is 1. The predicted octanol–water partition coefficient (Wildman–Crippen LogP) is 4.10. The summed E-state index contributed by atoms with van der Waals surface area (Å²) < 4.78 is 31.5. The molecule has 1 atom stereocenters. The molecule has 134 valence electrons. The molecule has 1 aliphatic rings. The molecule has 0 saturated carbocycles. The SMILES string of the molecule is O=C(N[C@@H]1CCCOc2c1ccc(Cl)c2Cl)c1ccn(CC(F)F)n1. The van der Waals surface area contributed by atoms with E-state index in [9.17, 15) is 13.6 Å². The summed E-state index contributed by atoms with van der Waals surface area (Å²) in [6, 6.07) is 4.48. The first-order valence-corrected chi connectivity index (χ1v) is 8.44. The van der Waals surface area contributed by atoms with Gasteiger partial charge in [0.2, 0.25) is 0 Å². The highest BCUT2D eigenvalue weighted by molar-refractivity contribution is 6.43. The Morgan fingerprint density at radius 1 is 1.40 bits per heavy atom. The second-order valence-electron chi connectivity index (χ2n) is 5.61. The zero-order valence-electron chi connectivity index (χ0n) is 13.0. The Kier molecular flexibility index (Phi) is 5.44. The summed E-state index contributed by atoms with van der Waals surface area (Å²) in [5.74, 6) is 0.0112. The minimum atomic E-state index is -2.53. The van der Waals surface area contributed by atoms with Gasteiger partial charge in [-0.2, -0.15) is 5.10 Å². The molecule has 0 radical (unpaired) electrons. The average molecular weight is 390 g/mol. The lowest BCUT2D eigenvalue weighted by molar-refractivity contribution is 0.0924. The highest BCUT2D eigenvalue weighted by atomic mass is 35.5. The van der Waals surface area contributed by atoms with E-state index < -0.39 is 18.9 Å². The molecule has 1 amide bonds. The normalized spacial score (nSPS) is 16.9. The van der Waals surface area contributed by atoms with Crippen molar-refractivity contribution in [3.05, 3.63) is 45.7 Å². The van der Waals surface area contributed by atoms with Gasteiger partial charge in [0.1, 0.15) is 23.0 Å². The Morgan fingerprint density at radius 3 is 2.96 bits per heavy atom. The number of halogens is 4. The van der Waals surface area contributed by atoms with Crippen molar-refractivity contribution in [1.82, 2.24) is 15.1 Å². The lowest BCUT2D eigenvalue weighted by Crippen LogP contribution is -2.29. The number of rotatable bonds is 4. The van der Waals surface area contributed by atoms with Gasteiger partial charge < -0.3 is 10.1 Å². The quantitative estimate of drug-likeness (QED) is 0.856. The lowest BCUT2D eigenvalue weighted by atomic mass is 10.0. The van der Waals surface area contributed by atoms with Crippen LogP contribution in [0.3, 0.4) is 0 Å². The van der Waals surface area contributed by atoms with Crippen LogP contribution in [0, 0.1) is 0 Å². The number of nitrogens with zero attached hydrogens (tertiary/aromatic N) is 2. The molecule has 0 saturated heterocycles. The molecule has 25 heavy (non-hydrogen) atoms. The first kappa shape index (κ1) is 17.9. The van der Waals surface area contributed by atoms with Crippen LogP contribution in [-0.4, -0.2) is 28.7 Å². The van der Waals surface area contributed by atoms with Crippen LogP contribution in [0.4, 0.5) is 8.78 Å². The average Bonchev–Trinajstić information content (AvgIpc) is 2.92. The molecule has 2 heterocycles. The summed E-state index contributed by atoms with van der Waals surface area (Å²) in [5, 5.41) is 7.41. The number of benzene rings is 1. The summed E-state index contributed by atoms with van der Waals surface area (Å²) in [5.41, 5.74) is 0.805. The van der Waals surface area contributed by atoms with E-state index >= 15 is 0 Å². The number of hydrogen-bond acceptors (Lipinski definition) is 3. The van der Waals surface area contributed by atoms with E-state index in [4.69, 9.17) is 27.9 Å². The summed E-state index contributed by atoms with van der Waals surface area (Å²) in [4.78, 5) is 12.4. The Bertz CT molecular complexity index is 783. The second-order valence-corrected chi connectivity index (χ2v) is 6.40. The molecule has 0 fully saturated rings. The molecule has 1 aromatic carbocycles. The van der Waals surface area contributed by atoms with E-state index in [1.807, 2.05) is 0 Å². The maximum atomic E-state index is 12.4. The van der Waals surface area contributed by atoms with Gasteiger partial charge in [0.15, 0.2) is 0 Å². The van der Waals surface area contributed by atoms with Crippen LogP contribution >= 0.6 is 23.2 Å². The maximum Gasteiger partial charge on any atom is 0.272 e. The summed E-state index contributed by atoms with van der Waals surface area (Å²) in [7, 11) is 0. The first-order valence-electron chi connectivity index (χ1n) is 7.69. The molecule has 0 unspecified atom stereocenters. The Morgan fingerprint density at radius 2 is 2.20 bits per heavy atom. The van der Waals surface area contributed by atoms with E-state index in [1.54, 1.807) is 12.1 Å². The molecule has 5 nitrogen and oxygen atoms in total. The van der Waals surface area contributed by atoms with Crippen molar-refractivity contribution in [2.24, 2.45) is 0 Å². The van der Waals surface area contributed by atoms with E-state index in [-0.39, 0.29) is 11.7 Å². The van der Waals surface area contributed by atoms with Crippen molar-refractivity contribution >= 4 is 29.1 Å². The van der Waals surface area contributed by atoms with Crippen molar-refractivity contribution in [3.8, 4) is 5.75 Å². The Hall–Kier alpha value is -1.86. The van der Waals surface area contributed by atoms with Crippen LogP contribution in [0.2, 0.25) is 10.0 Å². The smallest absolute Gasteiger partial charge is 0.272 e. The van der Waals surface area contributed by atoms with E-state index in [2.05, 4.69) is 10.4 Å². The number of ether oxygens (including phenoxy) is 1. The number of carbonyl (C=O) groups is 1. The van der Waals surface area contributed by atoms with Crippen molar-refractivity contribution in [1.29, 1.82) is 0 Å². The third-order valence-electron chi connectivity index (χ3n) is 3.84. The number of alkyl halides is 2. The molecule has 9 heteroatoms. The molecular weight excluding hydrogens is 375 g/mol. The predicted molar refractivity (Wildman–Crippen MR) is 89.6 cm³/mol. The molecule has 1 N–H and O–H groups in total. The highest BCUT2D eigenvalue weighted by Gasteiger charge is 2.25. The molecule has 0 aliphatic carbocycles. The van der Waals surface area contributed by atoms with Crippen molar-refractivity contribution in [2.45, 2.75) is 31.9 Å². The fraction of sp³-hybridized carbons (Fsp3) is 0.375. The fourth-order valence-corrected chi connectivity index (χ4v) is 3.07. The number of carbonyl (C=O) groups excluding carboxylic acids is 1. The van der Waals surface area contributed by atoms with Crippen LogP contribution in [0.15, 0.2) is 24.4 Å². The Labute approximate surface area is 152 Å². The third kappa shape index (κ3) is 4.04. The van der Waals surface area contributed by atoms with Crippen LogP contribution < -0.4 is 10.1 Å². The van der Waals surface area contributed by atoms with Gasteiger partial charge in [-0.15, -0.1) is 0 Å². The minimum Gasteiger partial charge on any atom is -0.492 e. The molecule has 0 spiro atoms. The van der Waals surface area contributed by atoms with Gasteiger partial charge >= 0.3 is 0 Å². The van der Waals surface area contributed by atoms with Crippen LogP contribution in [-0.2, 0) is 6.54 Å². The van der Waals surface area contributed by atoms with E-state index in [0.717, 1.165) is 10.2 Å². The maximum absolute atomic E-state index is 12.4. The zero-order valence-corrected chi connectivity index (χ0v) is 14.5. The monoisotopic (exact) mass is 389 g/mol. The number of nitrogens with one attached hydrogen (secondary N) is 1. The van der Waals surface area contributed by atoms with Crippen LogP contribution in [0.5, 0.6) is 5.75 Å². The molecule has 0 bridgehead atoms. The number of fused-ring (bicyclic) bond motifs is 1. The number of aromatic nitrogens is 2. The van der Waals surface area contributed by atoms with Gasteiger partial charge in [-0.05, 0) is 25.0 Å². The molecule has 3 rings (SSSR count). The van der Waals surface area contributed by atoms with Crippen molar-refractivity contribution < 1.29 is 18.3 Å². The first-order chi connectivity index (χ1) is 12.0. The van der Waals surface area contributed by atoms with E-state index in [1.165, 1.54) is 12.3 Å².